The molecule has 0 aliphatic carbocycles. The van der Waals surface area contributed by atoms with Crippen molar-refractivity contribution in [3.63, 3.8) is 0 Å². The van der Waals surface area contributed by atoms with Gasteiger partial charge >= 0.3 is 0 Å². The average molecular weight is 344 g/mol. The minimum absolute atomic E-state index is 0.208. The first-order valence-corrected chi connectivity index (χ1v) is 7.94. The topological polar surface area (TPSA) is 76.9 Å². The van der Waals surface area contributed by atoms with Gasteiger partial charge in [-0.05, 0) is 20.8 Å². The molecule has 0 atom stereocenters. The normalized spacial score (nSPS) is 10.4. The van der Waals surface area contributed by atoms with Crippen molar-refractivity contribution in [3.8, 4) is 0 Å². The molecule has 24 heavy (non-hydrogen) atoms. The second-order valence-electron chi connectivity index (χ2n) is 4.61. The number of rotatable bonds is 4. The summed E-state index contributed by atoms with van der Waals surface area (Å²) < 4.78 is 1.38. The minimum Gasteiger partial charge on any atom is -0.298 e. The van der Waals surface area contributed by atoms with E-state index in [0.717, 1.165) is 11.3 Å². The smallest absolute Gasteiger partial charge is 0.275 e. The number of carbonyl (C=O) groups excluding carboxylic acids is 2. The van der Waals surface area contributed by atoms with Gasteiger partial charge in [0.05, 0.1) is 5.69 Å². The first kappa shape index (κ1) is 19.2. The first-order chi connectivity index (χ1) is 11.4. The Morgan fingerprint density at radius 3 is 2.50 bits per heavy atom. The number of hydrogen-bond acceptors (Lipinski definition) is 5. The highest BCUT2D eigenvalue weighted by Crippen LogP contribution is 2.23. The van der Waals surface area contributed by atoms with Crippen LogP contribution in [0.5, 0.6) is 0 Å². The molecule has 1 N–H and O–H groups in total. The van der Waals surface area contributed by atoms with Crippen molar-refractivity contribution in [1.82, 2.24) is 14.5 Å². The van der Waals surface area contributed by atoms with Crippen LogP contribution in [0.15, 0.2) is 55.7 Å². The Kier molecular flexibility index (Phi) is 7.51. The van der Waals surface area contributed by atoms with Crippen molar-refractivity contribution < 1.29 is 9.59 Å². The number of amides is 1. The van der Waals surface area contributed by atoms with Crippen LogP contribution in [0.2, 0.25) is 0 Å². The highest BCUT2D eigenvalue weighted by Gasteiger charge is 2.18. The Morgan fingerprint density at radius 2 is 2.00 bits per heavy atom. The molecule has 2 rings (SSSR count). The molecular weight excluding hydrogens is 324 g/mol. The molecule has 0 fully saturated rings. The van der Waals surface area contributed by atoms with Gasteiger partial charge in [0.1, 0.15) is 11.2 Å². The summed E-state index contributed by atoms with van der Waals surface area (Å²) in [4.78, 5) is 32.5. The lowest BCUT2D eigenvalue weighted by Crippen LogP contribution is -2.12. The molecule has 7 heteroatoms. The average Bonchev–Trinajstić information content (AvgIpc) is 3.23. The Morgan fingerprint density at radius 1 is 1.33 bits per heavy atom. The van der Waals surface area contributed by atoms with E-state index in [4.69, 9.17) is 0 Å². The Hall–Kier alpha value is -2.80. The first-order valence-electron chi connectivity index (χ1n) is 7.12. The molecule has 0 radical (unpaired) electrons. The van der Waals surface area contributed by atoms with Gasteiger partial charge < -0.3 is 0 Å². The number of aryl methyl sites for hydroxylation is 1. The van der Waals surface area contributed by atoms with Gasteiger partial charge in [-0.1, -0.05) is 42.7 Å². The highest BCUT2D eigenvalue weighted by atomic mass is 32.1. The zero-order valence-corrected chi connectivity index (χ0v) is 14.8. The summed E-state index contributed by atoms with van der Waals surface area (Å²) in [5.74, 6) is -0.427. The maximum absolute atomic E-state index is 12.2. The van der Waals surface area contributed by atoms with Gasteiger partial charge in [0.2, 0.25) is 0 Å². The molecule has 126 valence electrons. The minimum atomic E-state index is -0.220. The molecule has 0 saturated carbocycles. The second kappa shape index (κ2) is 9.36. The molecule has 0 bridgehead atoms. The standard InChI is InChI=1S/C13H14N4O2S.C4H6/c1-4-8(2)11(18)16-13-15-9(3)10(20-13)12(19)17-6-5-14-7-17;1-3-4-2/h4-7H,1-3H3,(H,15,16,18);3-4H,1-2H2/b8-4+;. The largest absolute Gasteiger partial charge is 0.298 e. The zero-order chi connectivity index (χ0) is 18.1. The lowest BCUT2D eigenvalue weighted by molar-refractivity contribution is -0.112. The molecule has 0 aromatic carbocycles. The molecule has 6 nitrogen and oxygen atoms in total. The summed E-state index contributed by atoms with van der Waals surface area (Å²) >= 11 is 1.15. The van der Waals surface area contributed by atoms with Crippen LogP contribution in [-0.2, 0) is 4.79 Å². The lowest BCUT2D eigenvalue weighted by atomic mass is 10.3. The number of carbonyl (C=O) groups is 2. The third-order valence-electron chi connectivity index (χ3n) is 2.91. The SMILES string of the molecule is C/C=C(\C)C(=O)Nc1nc(C)c(C(=O)n2ccnc2)s1.C=CC=C. The number of allylic oxidation sites excluding steroid dienone is 3. The van der Waals surface area contributed by atoms with Crippen LogP contribution in [0.3, 0.4) is 0 Å². The summed E-state index contributed by atoms with van der Waals surface area (Å²) in [6.07, 6.45) is 9.53. The van der Waals surface area contributed by atoms with Gasteiger partial charge in [-0.3, -0.25) is 19.5 Å². The van der Waals surface area contributed by atoms with Crippen molar-refractivity contribution in [1.29, 1.82) is 0 Å². The van der Waals surface area contributed by atoms with Gasteiger partial charge in [0, 0.05) is 18.0 Å². The molecule has 2 heterocycles. The van der Waals surface area contributed by atoms with Gasteiger partial charge in [-0.2, -0.15) is 0 Å². The quantitative estimate of drug-likeness (QED) is 0.679. The second-order valence-corrected chi connectivity index (χ2v) is 5.60. The van der Waals surface area contributed by atoms with Crippen LogP contribution in [0.4, 0.5) is 5.13 Å². The van der Waals surface area contributed by atoms with Crippen LogP contribution < -0.4 is 5.32 Å². The van der Waals surface area contributed by atoms with Gasteiger partial charge in [-0.15, -0.1) is 0 Å². The molecule has 0 aliphatic heterocycles. The van der Waals surface area contributed by atoms with Gasteiger partial charge in [0.15, 0.2) is 5.13 Å². The number of thiazole rings is 1. The van der Waals surface area contributed by atoms with Crippen LogP contribution in [0.1, 0.15) is 29.2 Å². The maximum Gasteiger partial charge on any atom is 0.275 e. The van der Waals surface area contributed by atoms with Crippen molar-refractivity contribution in [2.75, 3.05) is 5.32 Å². The Bertz CT molecular complexity index is 752. The summed E-state index contributed by atoms with van der Waals surface area (Å²) in [6.45, 7) is 12.0. The Balaban J connectivity index is 0.000000648. The lowest BCUT2D eigenvalue weighted by Gasteiger charge is -1.99. The molecule has 2 aromatic rings. The summed E-state index contributed by atoms with van der Waals surface area (Å²) in [7, 11) is 0. The summed E-state index contributed by atoms with van der Waals surface area (Å²) in [6, 6.07) is 0. The number of nitrogens with one attached hydrogen (secondary N) is 1. The number of imidazole rings is 1. The fourth-order valence-electron chi connectivity index (χ4n) is 1.47. The number of nitrogens with zero attached hydrogens (tertiary/aromatic N) is 3. The molecule has 0 saturated heterocycles. The van der Waals surface area contributed by atoms with Crippen LogP contribution >= 0.6 is 11.3 Å². The van der Waals surface area contributed by atoms with E-state index in [2.05, 4.69) is 28.4 Å². The van der Waals surface area contributed by atoms with E-state index in [0.29, 0.717) is 21.3 Å². The van der Waals surface area contributed by atoms with Crippen LogP contribution in [0, 0.1) is 6.92 Å². The monoisotopic (exact) mass is 344 g/mol. The molecule has 0 spiro atoms. The summed E-state index contributed by atoms with van der Waals surface area (Å²) in [5.41, 5.74) is 1.18. The number of anilines is 1. The highest BCUT2D eigenvalue weighted by molar-refractivity contribution is 7.17. The van der Waals surface area contributed by atoms with E-state index in [9.17, 15) is 9.59 Å². The fraction of sp³-hybridized carbons (Fsp3) is 0.176. The predicted molar refractivity (Wildman–Crippen MR) is 97.3 cm³/mol. The van der Waals surface area contributed by atoms with E-state index in [1.807, 2.05) is 0 Å². The third-order valence-corrected chi connectivity index (χ3v) is 3.97. The Labute approximate surface area is 145 Å². The number of hydrogen-bond donors (Lipinski definition) is 1. The van der Waals surface area contributed by atoms with E-state index in [-0.39, 0.29) is 11.8 Å². The van der Waals surface area contributed by atoms with Crippen LogP contribution in [-0.4, -0.2) is 26.3 Å². The van der Waals surface area contributed by atoms with E-state index >= 15 is 0 Å². The fourth-order valence-corrected chi connectivity index (χ4v) is 2.38. The van der Waals surface area contributed by atoms with E-state index in [1.165, 1.54) is 17.1 Å². The van der Waals surface area contributed by atoms with Crippen molar-refractivity contribution in [3.05, 3.63) is 66.3 Å². The van der Waals surface area contributed by atoms with Crippen molar-refractivity contribution in [2.45, 2.75) is 20.8 Å². The van der Waals surface area contributed by atoms with Crippen molar-refractivity contribution in [2.24, 2.45) is 0 Å². The molecule has 2 aromatic heterocycles. The van der Waals surface area contributed by atoms with Gasteiger partial charge in [-0.25, -0.2) is 9.97 Å². The summed E-state index contributed by atoms with van der Waals surface area (Å²) in [5, 5.41) is 3.09. The molecule has 1 amide bonds. The van der Waals surface area contributed by atoms with E-state index in [1.54, 1.807) is 45.2 Å². The zero-order valence-electron chi connectivity index (χ0n) is 13.9. The molecule has 0 aliphatic rings. The third kappa shape index (κ3) is 5.13. The molecular formula is C17H20N4O2S. The van der Waals surface area contributed by atoms with E-state index < -0.39 is 0 Å². The van der Waals surface area contributed by atoms with Crippen molar-refractivity contribution >= 4 is 28.3 Å². The van der Waals surface area contributed by atoms with Crippen LogP contribution in [0.25, 0.3) is 0 Å². The predicted octanol–water partition coefficient (Wildman–Crippen LogP) is 3.60. The number of aromatic nitrogens is 3. The van der Waals surface area contributed by atoms with Gasteiger partial charge in [0.25, 0.3) is 11.8 Å². The molecule has 0 unspecified atom stereocenters. The maximum atomic E-state index is 12.2.